The van der Waals surface area contributed by atoms with E-state index in [9.17, 15) is 0 Å². The fourth-order valence-corrected chi connectivity index (χ4v) is 6.21. The molecule has 7 rings (SSSR count). The van der Waals surface area contributed by atoms with Crippen molar-refractivity contribution in [1.29, 1.82) is 0 Å². The van der Waals surface area contributed by atoms with Crippen molar-refractivity contribution >= 4 is 21.8 Å². The molecule has 0 radical (unpaired) electrons. The molecule has 7 aromatic rings. The van der Waals surface area contributed by atoms with Crippen LogP contribution in [0.15, 0.2) is 91.4 Å². The maximum absolute atomic E-state index is 6.51. The van der Waals surface area contributed by atoms with Crippen molar-refractivity contribution in [3.63, 3.8) is 0 Å². The fraction of sp³-hybridized carbons (Fsp3) is 0.179. The Morgan fingerprint density at radius 3 is 2.31 bits per heavy atom. The Balaban J connectivity index is 0.00000357. The summed E-state index contributed by atoms with van der Waals surface area (Å²) in [6.45, 7) is 12.9. The van der Waals surface area contributed by atoms with Crippen LogP contribution in [-0.2, 0) is 21.1 Å². The van der Waals surface area contributed by atoms with Crippen LogP contribution in [0.4, 0.5) is 0 Å². The zero-order valence-electron chi connectivity index (χ0n) is 26.3. The van der Waals surface area contributed by atoms with Gasteiger partial charge in [0.25, 0.3) is 0 Å². The summed E-state index contributed by atoms with van der Waals surface area (Å²) in [5, 5.41) is 7.00. The van der Waals surface area contributed by atoms with Gasteiger partial charge in [-0.15, -0.1) is 41.3 Å². The van der Waals surface area contributed by atoms with Crippen LogP contribution in [0.25, 0.3) is 44.4 Å². The molecule has 3 heterocycles. The normalized spacial score (nSPS) is 11.4. The minimum absolute atomic E-state index is 0. The van der Waals surface area contributed by atoms with Gasteiger partial charge in [-0.25, -0.2) is 4.98 Å². The zero-order valence-corrected chi connectivity index (χ0v) is 28.5. The molecule has 226 valence electrons. The van der Waals surface area contributed by atoms with Gasteiger partial charge in [0.1, 0.15) is 5.82 Å². The summed E-state index contributed by atoms with van der Waals surface area (Å²) in [5.41, 5.74) is 11.2. The molecule has 0 bridgehead atoms. The average Bonchev–Trinajstić information content (AvgIpc) is 3.59. The number of para-hydroxylation sites is 1. The first-order chi connectivity index (χ1) is 21.2. The van der Waals surface area contributed by atoms with Gasteiger partial charge in [-0.05, 0) is 85.1 Å². The molecule has 0 spiro atoms. The summed E-state index contributed by atoms with van der Waals surface area (Å²) in [6.07, 6.45) is 5.86. The SMILES string of the molecule is Cc1ccnc(-n2c3[c-]c(Oc4[c-]c(-n5cc(-c6c(C)cc(C)cc6C)cn5)cc(C(C)C)c4)ccc3c3ccccc32)c1.[Pt+2]. The summed E-state index contributed by atoms with van der Waals surface area (Å²) < 4.78 is 10.6. The maximum atomic E-state index is 6.51. The molecule has 45 heavy (non-hydrogen) atoms. The first-order valence-electron chi connectivity index (χ1n) is 15.0. The van der Waals surface area contributed by atoms with Gasteiger partial charge < -0.3 is 9.30 Å². The number of fused-ring (bicyclic) bond motifs is 3. The van der Waals surface area contributed by atoms with Crippen LogP contribution < -0.4 is 4.74 Å². The van der Waals surface area contributed by atoms with E-state index in [1.54, 1.807) is 0 Å². The minimum Gasteiger partial charge on any atom is -0.509 e. The first kappa shape index (κ1) is 30.6. The molecule has 6 heteroatoms. The Labute approximate surface area is 278 Å². The van der Waals surface area contributed by atoms with Crippen molar-refractivity contribution in [2.24, 2.45) is 0 Å². The van der Waals surface area contributed by atoms with Crippen LogP contribution in [-0.4, -0.2) is 19.3 Å². The summed E-state index contributed by atoms with van der Waals surface area (Å²) in [6, 6.07) is 32.2. The van der Waals surface area contributed by atoms with Crippen LogP contribution in [0.5, 0.6) is 11.5 Å². The van der Waals surface area contributed by atoms with E-state index in [4.69, 9.17) is 14.8 Å². The third-order valence-electron chi connectivity index (χ3n) is 8.22. The number of hydrogen-bond acceptors (Lipinski definition) is 3. The largest absolute Gasteiger partial charge is 2.00 e. The number of nitrogens with zero attached hydrogens (tertiary/aromatic N) is 4. The van der Waals surface area contributed by atoms with Crippen molar-refractivity contribution in [3.05, 3.63) is 131 Å². The summed E-state index contributed by atoms with van der Waals surface area (Å²) in [4.78, 5) is 4.70. The molecule has 3 aromatic heterocycles. The molecule has 0 saturated carbocycles. The summed E-state index contributed by atoms with van der Waals surface area (Å²) in [7, 11) is 0. The van der Waals surface area contributed by atoms with E-state index < -0.39 is 0 Å². The van der Waals surface area contributed by atoms with Crippen LogP contribution in [0.2, 0.25) is 0 Å². The molecular weight excluding hydrogens is 736 g/mol. The molecule has 0 saturated heterocycles. The topological polar surface area (TPSA) is 44.9 Å². The van der Waals surface area contributed by atoms with Crippen molar-refractivity contribution in [3.8, 4) is 34.1 Å². The maximum Gasteiger partial charge on any atom is 2.00 e. The Morgan fingerprint density at radius 2 is 1.56 bits per heavy atom. The second kappa shape index (κ2) is 12.1. The molecule has 0 aliphatic heterocycles. The molecule has 4 aromatic carbocycles. The third kappa shape index (κ3) is 5.73. The number of benzene rings is 4. The zero-order chi connectivity index (χ0) is 30.5. The molecule has 0 atom stereocenters. The first-order valence-corrected chi connectivity index (χ1v) is 15.0. The Bertz CT molecular complexity index is 2170. The van der Waals surface area contributed by atoms with Gasteiger partial charge in [0.15, 0.2) is 0 Å². The second-order valence-corrected chi connectivity index (χ2v) is 12.0. The van der Waals surface area contributed by atoms with Gasteiger partial charge in [-0.1, -0.05) is 55.3 Å². The average molecular weight is 770 g/mol. The fourth-order valence-electron chi connectivity index (χ4n) is 6.21. The van der Waals surface area contributed by atoms with Crippen LogP contribution in [0.1, 0.15) is 47.6 Å². The molecule has 0 fully saturated rings. The van der Waals surface area contributed by atoms with Crippen molar-refractivity contribution in [2.45, 2.75) is 47.5 Å². The van der Waals surface area contributed by atoms with E-state index in [2.05, 4.69) is 125 Å². The molecule has 0 N–H and O–H groups in total. The minimum atomic E-state index is 0. The number of aryl methyl sites for hydroxylation is 4. The standard InChI is InChI=1S/C39H34N4O.Pt/c1-24(2)29-18-31(42-23-30(22-41-42)39-27(5)15-26(4)16-28(39)6)20-33(19-29)44-32-11-12-35-34-9-7-8-10-36(34)43(37(35)21-32)38-17-25(3)13-14-40-38;/h7-19,22-24H,1-6H3;/q-2;+2. The Kier molecular flexibility index (Phi) is 8.24. The van der Waals surface area contributed by atoms with E-state index in [0.717, 1.165) is 50.0 Å². The quantitative estimate of drug-likeness (QED) is 0.158. The monoisotopic (exact) mass is 769 g/mol. The molecule has 0 aliphatic carbocycles. The van der Waals surface area contributed by atoms with Gasteiger partial charge in [0.2, 0.25) is 0 Å². The predicted octanol–water partition coefficient (Wildman–Crippen LogP) is 9.78. The number of pyridine rings is 1. The van der Waals surface area contributed by atoms with E-state index in [0.29, 0.717) is 17.4 Å². The molecule has 0 amide bonds. The summed E-state index contributed by atoms with van der Waals surface area (Å²) >= 11 is 0. The van der Waals surface area contributed by atoms with E-state index >= 15 is 0 Å². The van der Waals surface area contributed by atoms with Crippen LogP contribution >= 0.6 is 0 Å². The smallest absolute Gasteiger partial charge is 0.509 e. The predicted molar refractivity (Wildman–Crippen MR) is 178 cm³/mol. The van der Waals surface area contributed by atoms with E-state index in [-0.39, 0.29) is 21.1 Å². The van der Waals surface area contributed by atoms with Gasteiger partial charge in [0, 0.05) is 35.0 Å². The van der Waals surface area contributed by atoms with E-state index in [1.165, 1.54) is 22.3 Å². The molecular formula is C39H34N4OPt. The van der Waals surface area contributed by atoms with Gasteiger partial charge in [-0.2, -0.15) is 11.2 Å². The van der Waals surface area contributed by atoms with Gasteiger partial charge >= 0.3 is 21.1 Å². The third-order valence-corrected chi connectivity index (χ3v) is 8.22. The van der Waals surface area contributed by atoms with Crippen LogP contribution in [0, 0.1) is 39.8 Å². The molecule has 0 unspecified atom stereocenters. The van der Waals surface area contributed by atoms with Crippen molar-refractivity contribution < 1.29 is 25.8 Å². The number of aromatic nitrogens is 4. The Morgan fingerprint density at radius 1 is 0.778 bits per heavy atom. The second-order valence-electron chi connectivity index (χ2n) is 12.0. The van der Waals surface area contributed by atoms with Gasteiger partial charge in [-0.3, -0.25) is 4.68 Å². The van der Waals surface area contributed by atoms with Crippen LogP contribution in [0.3, 0.4) is 0 Å². The molecule has 0 aliphatic rings. The van der Waals surface area contributed by atoms with E-state index in [1.807, 2.05) is 29.2 Å². The van der Waals surface area contributed by atoms with Crippen molar-refractivity contribution in [2.75, 3.05) is 0 Å². The number of hydrogen-bond donors (Lipinski definition) is 0. The Hall–Kier alpha value is -4.47. The summed E-state index contributed by atoms with van der Waals surface area (Å²) in [5.74, 6) is 2.39. The van der Waals surface area contributed by atoms with Gasteiger partial charge in [0.05, 0.1) is 6.20 Å². The molecule has 5 nitrogen and oxygen atoms in total. The van der Waals surface area contributed by atoms with Crippen molar-refractivity contribution in [1.82, 2.24) is 19.3 Å². The number of ether oxygens (including phenoxy) is 1. The number of rotatable bonds is 6.